The van der Waals surface area contributed by atoms with Crippen LogP contribution in [0.5, 0.6) is 0 Å². The van der Waals surface area contributed by atoms with E-state index in [1.54, 1.807) is 0 Å². The van der Waals surface area contributed by atoms with E-state index in [0.29, 0.717) is 6.07 Å². The summed E-state index contributed by atoms with van der Waals surface area (Å²) in [6, 6.07) is 0.799. The average molecular weight is 221 g/mol. The highest BCUT2D eigenvalue weighted by Gasteiger charge is 2.32. The minimum absolute atomic E-state index is 0.257. The number of carbonyl (C=O) groups is 1. The molecule has 0 radical (unpaired) electrons. The number of hydrogen-bond acceptors (Lipinski definition) is 2. The summed E-state index contributed by atoms with van der Waals surface area (Å²) in [4.78, 5) is 10.8. The Bertz CT molecular complexity index is 388. The van der Waals surface area contributed by atoms with Gasteiger partial charge >= 0.3 is 6.18 Å². The number of hydrogen-bond donors (Lipinski definition) is 1. The van der Waals surface area contributed by atoms with Crippen molar-refractivity contribution in [3.63, 3.8) is 0 Å². The number of nitrogen functional groups attached to an aromatic ring is 1. The highest BCUT2D eigenvalue weighted by molar-refractivity contribution is 5.99. The van der Waals surface area contributed by atoms with Crippen LogP contribution in [-0.4, -0.2) is 5.78 Å². The molecule has 0 aliphatic carbocycles. The summed E-state index contributed by atoms with van der Waals surface area (Å²) in [5.41, 5.74) is 2.94. The van der Waals surface area contributed by atoms with E-state index in [1.165, 1.54) is 0 Å². The van der Waals surface area contributed by atoms with E-state index in [4.69, 9.17) is 5.73 Å². The van der Waals surface area contributed by atoms with Gasteiger partial charge < -0.3 is 5.73 Å². The third kappa shape index (κ3) is 2.26. The lowest BCUT2D eigenvalue weighted by atomic mass is 10.1. The van der Waals surface area contributed by atoms with E-state index in [2.05, 4.69) is 0 Å². The van der Waals surface area contributed by atoms with Crippen molar-refractivity contribution in [3.05, 3.63) is 29.1 Å². The van der Waals surface area contributed by atoms with Gasteiger partial charge in [-0.15, -0.1) is 0 Å². The van der Waals surface area contributed by atoms with Crippen LogP contribution in [0, 0.1) is 5.82 Å². The maximum atomic E-state index is 13.1. The molecule has 2 nitrogen and oxygen atoms in total. The largest absolute Gasteiger partial charge is 0.416 e. The Labute approximate surface area is 82.7 Å². The van der Waals surface area contributed by atoms with Crippen molar-refractivity contribution in [1.82, 2.24) is 0 Å². The molecule has 0 aliphatic rings. The van der Waals surface area contributed by atoms with Crippen molar-refractivity contribution in [3.8, 4) is 0 Å². The number of Topliss-reactive ketones (excluding diaryl/α,β-unsaturated/α-hetero) is 1. The summed E-state index contributed by atoms with van der Waals surface area (Å²) in [7, 11) is 0. The predicted molar refractivity (Wildman–Crippen MR) is 45.8 cm³/mol. The van der Waals surface area contributed by atoms with Crippen LogP contribution in [0.3, 0.4) is 0 Å². The van der Waals surface area contributed by atoms with Gasteiger partial charge in [-0.3, -0.25) is 4.79 Å². The summed E-state index contributed by atoms with van der Waals surface area (Å²) >= 11 is 0. The van der Waals surface area contributed by atoms with E-state index >= 15 is 0 Å². The number of benzene rings is 1. The quantitative estimate of drug-likeness (QED) is 0.450. The van der Waals surface area contributed by atoms with Crippen molar-refractivity contribution in [2.75, 3.05) is 5.73 Å². The number of alkyl halides is 3. The maximum Gasteiger partial charge on any atom is 0.416 e. The molecule has 0 aromatic heterocycles. The van der Waals surface area contributed by atoms with Gasteiger partial charge in [0.1, 0.15) is 5.82 Å². The molecule has 0 atom stereocenters. The van der Waals surface area contributed by atoms with Crippen molar-refractivity contribution >= 4 is 11.5 Å². The molecule has 6 heteroatoms. The molecule has 0 saturated carbocycles. The van der Waals surface area contributed by atoms with E-state index in [1.807, 2.05) is 0 Å². The predicted octanol–water partition coefficient (Wildman–Crippen LogP) is 2.63. The molecule has 0 amide bonds. The fourth-order valence-electron chi connectivity index (χ4n) is 1.16. The number of anilines is 1. The molecule has 0 aliphatic heterocycles. The van der Waals surface area contributed by atoms with Crippen LogP contribution in [0.1, 0.15) is 22.8 Å². The third-order valence-corrected chi connectivity index (χ3v) is 1.80. The molecule has 0 heterocycles. The van der Waals surface area contributed by atoms with Gasteiger partial charge in [0.15, 0.2) is 5.78 Å². The molecular formula is C9H7F4NO. The van der Waals surface area contributed by atoms with Crippen LogP contribution in [-0.2, 0) is 6.18 Å². The molecule has 0 spiro atoms. The normalized spacial score (nSPS) is 11.5. The lowest BCUT2D eigenvalue weighted by Crippen LogP contribution is -2.10. The maximum absolute atomic E-state index is 13.1. The topological polar surface area (TPSA) is 43.1 Å². The first-order valence-corrected chi connectivity index (χ1v) is 3.90. The zero-order valence-electron chi connectivity index (χ0n) is 7.65. The van der Waals surface area contributed by atoms with Crippen molar-refractivity contribution < 1.29 is 22.4 Å². The van der Waals surface area contributed by atoms with Gasteiger partial charge in [-0.25, -0.2) is 4.39 Å². The molecular weight excluding hydrogens is 214 g/mol. The summed E-state index contributed by atoms with van der Waals surface area (Å²) in [6.45, 7) is 1.03. The molecule has 0 bridgehead atoms. The molecule has 1 aromatic rings. The molecule has 15 heavy (non-hydrogen) atoms. The number of halogens is 4. The number of carbonyl (C=O) groups excluding carboxylic acids is 1. The van der Waals surface area contributed by atoms with Crippen LogP contribution in [0.25, 0.3) is 0 Å². The molecule has 0 saturated heterocycles. The molecule has 1 aromatic carbocycles. The second-order valence-corrected chi connectivity index (χ2v) is 2.98. The molecule has 0 unspecified atom stereocenters. The van der Waals surface area contributed by atoms with Crippen LogP contribution < -0.4 is 5.73 Å². The standard InChI is InChI=1S/C9H7F4NO/c1-4(15)8-6(10)2-5(3-7(8)14)9(11,12)13/h2-3H,14H2,1H3. The monoisotopic (exact) mass is 221 g/mol. The molecule has 0 fully saturated rings. The minimum atomic E-state index is -4.68. The molecule has 2 N–H and O–H groups in total. The van der Waals surface area contributed by atoms with Gasteiger partial charge in [0.2, 0.25) is 0 Å². The van der Waals surface area contributed by atoms with Crippen LogP contribution in [0.2, 0.25) is 0 Å². The first-order chi connectivity index (χ1) is 6.73. The van der Waals surface area contributed by atoms with E-state index in [-0.39, 0.29) is 6.07 Å². The minimum Gasteiger partial charge on any atom is -0.398 e. The Morgan fingerprint density at radius 2 is 1.87 bits per heavy atom. The lowest BCUT2D eigenvalue weighted by Gasteiger charge is -2.10. The first kappa shape index (κ1) is 11.5. The van der Waals surface area contributed by atoms with Gasteiger partial charge in [0.25, 0.3) is 0 Å². The van der Waals surface area contributed by atoms with E-state index in [9.17, 15) is 22.4 Å². The Morgan fingerprint density at radius 1 is 1.33 bits per heavy atom. The second kappa shape index (κ2) is 3.52. The van der Waals surface area contributed by atoms with Crippen LogP contribution >= 0.6 is 0 Å². The van der Waals surface area contributed by atoms with E-state index < -0.39 is 34.6 Å². The molecule has 1 rings (SSSR count). The first-order valence-electron chi connectivity index (χ1n) is 3.90. The fourth-order valence-corrected chi connectivity index (χ4v) is 1.16. The van der Waals surface area contributed by atoms with Gasteiger partial charge in [-0.05, 0) is 19.1 Å². The highest BCUT2D eigenvalue weighted by Crippen LogP contribution is 2.32. The van der Waals surface area contributed by atoms with E-state index in [0.717, 1.165) is 6.92 Å². The smallest absolute Gasteiger partial charge is 0.398 e. The van der Waals surface area contributed by atoms with Crippen molar-refractivity contribution in [2.45, 2.75) is 13.1 Å². The number of ketones is 1. The number of rotatable bonds is 1. The van der Waals surface area contributed by atoms with Crippen molar-refractivity contribution in [1.29, 1.82) is 0 Å². The third-order valence-electron chi connectivity index (χ3n) is 1.80. The van der Waals surface area contributed by atoms with Gasteiger partial charge in [-0.1, -0.05) is 0 Å². The Kier molecular flexibility index (Phi) is 2.70. The van der Waals surface area contributed by atoms with Crippen LogP contribution in [0.4, 0.5) is 23.2 Å². The summed E-state index contributed by atoms with van der Waals surface area (Å²) in [5, 5.41) is 0. The summed E-state index contributed by atoms with van der Waals surface area (Å²) in [6.07, 6.45) is -4.68. The number of nitrogens with two attached hydrogens (primary N) is 1. The zero-order chi connectivity index (χ0) is 11.8. The Balaban J connectivity index is 3.39. The van der Waals surface area contributed by atoms with Crippen LogP contribution in [0.15, 0.2) is 12.1 Å². The van der Waals surface area contributed by atoms with Crippen molar-refractivity contribution in [2.24, 2.45) is 0 Å². The zero-order valence-corrected chi connectivity index (χ0v) is 7.65. The Morgan fingerprint density at radius 3 is 2.20 bits per heavy atom. The fraction of sp³-hybridized carbons (Fsp3) is 0.222. The summed E-state index contributed by atoms with van der Waals surface area (Å²) in [5.74, 6) is -1.96. The second-order valence-electron chi connectivity index (χ2n) is 2.98. The molecule has 82 valence electrons. The average Bonchev–Trinajstić information content (AvgIpc) is 1.99. The highest BCUT2D eigenvalue weighted by atomic mass is 19.4. The Hall–Kier alpha value is -1.59. The SMILES string of the molecule is CC(=O)c1c(N)cc(C(F)(F)F)cc1F. The summed E-state index contributed by atoms with van der Waals surface area (Å²) < 4.78 is 49.6. The van der Waals surface area contributed by atoms with Gasteiger partial charge in [0.05, 0.1) is 11.1 Å². The van der Waals surface area contributed by atoms with Gasteiger partial charge in [-0.2, -0.15) is 13.2 Å². The lowest BCUT2D eigenvalue weighted by molar-refractivity contribution is -0.137. The van der Waals surface area contributed by atoms with Gasteiger partial charge in [0, 0.05) is 5.69 Å².